The van der Waals surface area contributed by atoms with E-state index in [2.05, 4.69) is 20.8 Å². The molecule has 0 saturated carbocycles. The van der Waals surface area contributed by atoms with Crippen molar-refractivity contribution in [1.29, 1.82) is 0 Å². The maximum atomic E-state index is 11.9. The van der Waals surface area contributed by atoms with Gasteiger partial charge in [-0.2, -0.15) is 0 Å². The number of hydrogen-bond donors (Lipinski definition) is 2. The first-order chi connectivity index (χ1) is 10.7. The third-order valence-corrected chi connectivity index (χ3v) is 3.51. The van der Waals surface area contributed by atoms with E-state index in [4.69, 9.17) is 4.42 Å². The first-order valence-corrected chi connectivity index (χ1v) is 7.13. The van der Waals surface area contributed by atoms with E-state index in [0.717, 1.165) is 0 Å². The zero-order chi connectivity index (χ0) is 15.4. The van der Waals surface area contributed by atoms with Crippen molar-refractivity contribution in [2.24, 2.45) is 0 Å². The van der Waals surface area contributed by atoms with E-state index >= 15 is 0 Å². The van der Waals surface area contributed by atoms with E-state index < -0.39 is 11.8 Å². The van der Waals surface area contributed by atoms with Gasteiger partial charge in [0.2, 0.25) is 0 Å². The predicted octanol–water partition coefficient (Wildman–Crippen LogP) is 1.87. The minimum atomic E-state index is -0.515. The summed E-state index contributed by atoms with van der Waals surface area (Å²) in [6.45, 7) is 0. The zero-order valence-electron chi connectivity index (χ0n) is 11.1. The molecule has 0 aliphatic heterocycles. The number of carbonyl (C=O) groups is 2. The molecule has 3 aromatic rings. The lowest BCUT2D eigenvalue weighted by atomic mass is 10.3. The summed E-state index contributed by atoms with van der Waals surface area (Å²) in [6.07, 6.45) is 3.02. The summed E-state index contributed by atoms with van der Waals surface area (Å²) in [5, 5.41) is 2.17. The number of pyridine rings is 1. The van der Waals surface area contributed by atoms with E-state index in [1.165, 1.54) is 23.8 Å². The topological polar surface area (TPSA) is 97.1 Å². The Morgan fingerprint density at radius 3 is 2.55 bits per heavy atom. The Kier molecular flexibility index (Phi) is 3.92. The smallest absolute Gasteiger partial charge is 0.289 e. The molecule has 0 radical (unpaired) electrons. The van der Waals surface area contributed by atoms with Crippen LogP contribution in [-0.2, 0) is 0 Å². The van der Waals surface area contributed by atoms with Gasteiger partial charge in [0.1, 0.15) is 11.4 Å². The molecule has 8 heteroatoms. The molecule has 0 fully saturated rings. The van der Waals surface area contributed by atoms with Gasteiger partial charge < -0.3 is 4.42 Å². The van der Waals surface area contributed by atoms with E-state index in [-0.39, 0.29) is 11.4 Å². The first-order valence-electron chi connectivity index (χ1n) is 6.25. The van der Waals surface area contributed by atoms with Gasteiger partial charge in [-0.3, -0.25) is 25.4 Å². The van der Waals surface area contributed by atoms with E-state index in [1.54, 1.807) is 35.7 Å². The first kappa shape index (κ1) is 14.0. The SMILES string of the molecule is O=C(NNC(=O)c1csc(-c2ccco2)n1)c1ccccn1. The van der Waals surface area contributed by atoms with Crippen molar-refractivity contribution < 1.29 is 14.0 Å². The van der Waals surface area contributed by atoms with Crippen LogP contribution in [0, 0.1) is 0 Å². The number of nitrogens with zero attached hydrogens (tertiary/aromatic N) is 2. The lowest BCUT2D eigenvalue weighted by Gasteiger charge is -2.04. The number of nitrogens with one attached hydrogen (secondary N) is 2. The monoisotopic (exact) mass is 314 g/mol. The quantitative estimate of drug-likeness (QED) is 0.719. The molecular weight excluding hydrogens is 304 g/mol. The number of carbonyl (C=O) groups excluding carboxylic acids is 2. The van der Waals surface area contributed by atoms with Crippen molar-refractivity contribution in [2.45, 2.75) is 0 Å². The molecule has 0 saturated heterocycles. The number of hydrogen-bond acceptors (Lipinski definition) is 6. The fourth-order valence-corrected chi connectivity index (χ4v) is 2.40. The molecule has 2 N–H and O–H groups in total. The Bertz CT molecular complexity index is 784. The Morgan fingerprint density at radius 2 is 1.86 bits per heavy atom. The largest absolute Gasteiger partial charge is 0.462 e. The molecule has 0 unspecified atom stereocenters. The van der Waals surface area contributed by atoms with Crippen LogP contribution in [0.5, 0.6) is 0 Å². The maximum Gasteiger partial charge on any atom is 0.289 e. The van der Waals surface area contributed by atoms with Crippen LogP contribution in [0.1, 0.15) is 21.0 Å². The van der Waals surface area contributed by atoms with Crippen molar-refractivity contribution in [2.75, 3.05) is 0 Å². The Hall–Kier alpha value is -3.00. The highest BCUT2D eigenvalue weighted by atomic mass is 32.1. The van der Waals surface area contributed by atoms with Crippen LogP contribution in [0.3, 0.4) is 0 Å². The highest BCUT2D eigenvalue weighted by Crippen LogP contribution is 2.23. The number of rotatable bonds is 3. The summed E-state index contributed by atoms with van der Waals surface area (Å²) < 4.78 is 5.21. The summed E-state index contributed by atoms with van der Waals surface area (Å²) in [5.74, 6) is -0.435. The standard InChI is InChI=1S/C14H10N4O3S/c19-12(9-4-1-2-6-15-9)17-18-13(20)10-8-22-14(16-10)11-5-3-7-21-11/h1-8H,(H,17,19)(H,18,20). The second-order valence-corrected chi connectivity index (χ2v) is 5.00. The van der Waals surface area contributed by atoms with E-state index in [9.17, 15) is 9.59 Å². The average molecular weight is 314 g/mol. The molecule has 3 aromatic heterocycles. The molecule has 0 aromatic carbocycles. The highest BCUT2D eigenvalue weighted by molar-refractivity contribution is 7.13. The predicted molar refractivity (Wildman–Crippen MR) is 79.0 cm³/mol. The molecule has 110 valence electrons. The molecule has 0 atom stereocenters. The number of hydrazine groups is 1. The minimum Gasteiger partial charge on any atom is -0.462 e. The van der Waals surface area contributed by atoms with Crippen molar-refractivity contribution in [3.05, 3.63) is 59.6 Å². The lowest BCUT2D eigenvalue weighted by Crippen LogP contribution is -2.42. The van der Waals surface area contributed by atoms with Gasteiger partial charge in [0.25, 0.3) is 11.8 Å². The molecule has 0 spiro atoms. The zero-order valence-corrected chi connectivity index (χ0v) is 12.0. The fraction of sp³-hybridized carbons (Fsp3) is 0. The molecule has 2 amide bonds. The summed E-state index contributed by atoms with van der Waals surface area (Å²) in [6, 6.07) is 8.41. The maximum absolute atomic E-state index is 11.9. The summed E-state index contributed by atoms with van der Waals surface area (Å²) >= 11 is 1.28. The van der Waals surface area contributed by atoms with Gasteiger partial charge in [-0.15, -0.1) is 11.3 Å². The summed E-state index contributed by atoms with van der Waals surface area (Å²) in [4.78, 5) is 31.7. The van der Waals surface area contributed by atoms with Crippen LogP contribution in [0.25, 0.3) is 10.8 Å². The summed E-state index contributed by atoms with van der Waals surface area (Å²) in [5.41, 5.74) is 4.97. The second kappa shape index (κ2) is 6.19. The average Bonchev–Trinajstić information content (AvgIpc) is 3.23. The van der Waals surface area contributed by atoms with Crippen molar-refractivity contribution in [1.82, 2.24) is 20.8 Å². The molecule has 0 aliphatic rings. The van der Waals surface area contributed by atoms with Crippen LogP contribution >= 0.6 is 11.3 Å². The van der Waals surface area contributed by atoms with Gasteiger partial charge in [-0.05, 0) is 24.3 Å². The minimum absolute atomic E-state index is 0.192. The molecular formula is C14H10N4O3S. The van der Waals surface area contributed by atoms with Crippen molar-refractivity contribution in [3.8, 4) is 10.8 Å². The van der Waals surface area contributed by atoms with Crippen LogP contribution in [0.2, 0.25) is 0 Å². The molecule has 0 bridgehead atoms. The van der Waals surface area contributed by atoms with Crippen LogP contribution < -0.4 is 10.9 Å². The van der Waals surface area contributed by atoms with Gasteiger partial charge in [0.15, 0.2) is 10.8 Å². The van der Waals surface area contributed by atoms with Crippen LogP contribution in [0.4, 0.5) is 0 Å². The Balaban J connectivity index is 1.62. The normalized spacial score (nSPS) is 10.2. The molecule has 3 heterocycles. The molecule has 0 aliphatic carbocycles. The van der Waals surface area contributed by atoms with Gasteiger partial charge >= 0.3 is 0 Å². The van der Waals surface area contributed by atoms with Crippen LogP contribution in [-0.4, -0.2) is 21.8 Å². The van der Waals surface area contributed by atoms with Crippen LogP contribution in [0.15, 0.2) is 52.6 Å². The molecule has 3 rings (SSSR count). The number of furan rings is 1. The molecule has 7 nitrogen and oxygen atoms in total. The molecule has 22 heavy (non-hydrogen) atoms. The van der Waals surface area contributed by atoms with Gasteiger partial charge in [0, 0.05) is 11.6 Å². The van der Waals surface area contributed by atoms with Crippen molar-refractivity contribution >= 4 is 23.2 Å². The fourth-order valence-electron chi connectivity index (χ4n) is 1.63. The van der Waals surface area contributed by atoms with Crippen molar-refractivity contribution in [3.63, 3.8) is 0 Å². The van der Waals surface area contributed by atoms with E-state index in [0.29, 0.717) is 10.8 Å². The number of aromatic nitrogens is 2. The lowest BCUT2D eigenvalue weighted by molar-refractivity contribution is 0.0841. The Morgan fingerprint density at radius 1 is 1.05 bits per heavy atom. The third kappa shape index (κ3) is 3.01. The Labute approximate surface area is 129 Å². The van der Waals surface area contributed by atoms with Gasteiger partial charge in [0.05, 0.1) is 6.26 Å². The van der Waals surface area contributed by atoms with E-state index in [1.807, 2.05) is 0 Å². The second-order valence-electron chi connectivity index (χ2n) is 4.14. The third-order valence-electron chi connectivity index (χ3n) is 2.66. The number of amides is 2. The summed E-state index contributed by atoms with van der Waals surface area (Å²) in [7, 11) is 0. The highest BCUT2D eigenvalue weighted by Gasteiger charge is 2.14. The van der Waals surface area contributed by atoms with Gasteiger partial charge in [-0.25, -0.2) is 4.98 Å². The van der Waals surface area contributed by atoms with Gasteiger partial charge in [-0.1, -0.05) is 6.07 Å². The number of thiazole rings is 1.